The normalized spacial score (nSPS) is 9.64. The minimum Gasteiger partial charge on any atom is -0.461 e. The molecule has 1 rings (SSSR count). The summed E-state index contributed by atoms with van der Waals surface area (Å²) in [7, 11) is -1.49. The van der Waals surface area contributed by atoms with Crippen molar-refractivity contribution >= 4 is 18.6 Å². The first-order chi connectivity index (χ1) is 6.59. The van der Waals surface area contributed by atoms with Crippen LogP contribution in [0, 0.1) is 0 Å². The van der Waals surface area contributed by atoms with Gasteiger partial charge >= 0.3 is 13.1 Å². The quantitative estimate of drug-likeness (QED) is 0.499. The molecule has 0 bridgehead atoms. The van der Waals surface area contributed by atoms with Crippen LogP contribution in [-0.4, -0.2) is 23.1 Å². The van der Waals surface area contributed by atoms with Crippen LogP contribution in [0.1, 0.15) is 12.5 Å². The lowest BCUT2D eigenvalue weighted by molar-refractivity contribution is -0.142. The molecule has 1 aromatic carbocycles. The average molecular weight is 194 g/mol. The van der Waals surface area contributed by atoms with E-state index in [1.54, 1.807) is 24.3 Å². The Balaban J connectivity index is 2.68. The number of hydrogen-bond acceptors (Lipinski definition) is 4. The summed E-state index contributed by atoms with van der Waals surface area (Å²) in [5, 5.41) is 17.7. The monoisotopic (exact) mass is 194 g/mol. The van der Waals surface area contributed by atoms with Crippen molar-refractivity contribution in [2.75, 3.05) is 0 Å². The second kappa shape index (κ2) is 4.78. The molecule has 4 nitrogen and oxygen atoms in total. The highest BCUT2D eigenvalue weighted by molar-refractivity contribution is 6.58. The molecule has 0 saturated heterocycles. The molecule has 0 aromatic heterocycles. The fourth-order valence-electron chi connectivity index (χ4n) is 1.03. The molecule has 0 spiro atoms. The van der Waals surface area contributed by atoms with Crippen LogP contribution in [0.3, 0.4) is 0 Å². The smallest absolute Gasteiger partial charge is 0.461 e. The predicted octanol–water partition coefficient (Wildman–Crippen LogP) is -0.570. The van der Waals surface area contributed by atoms with Crippen molar-refractivity contribution in [2.24, 2.45) is 0 Å². The van der Waals surface area contributed by atoms with E-state index >= 15 is 0 Å². The first-order valence-corrected chi connectivity index (χ1v) is 4.18. The highest BCUT2D eigenvalue weighted by Gasteiger charge is 2.10. The summed E-state index contributed by atoms with van der Waals surface area (Å²) in [6.45, 7) is 1.47. The van der Waals surface area contributed by atoms with Crippen LogP contribution in [0.2, 0.25) is 0 Å². The average Bonchev–Trinajstić information content (AvgIpc) is 2.15. The summed E-state index contributed by atoms with van der Waals surface area (Å²) in [5.74, 6) is -0.361. The highest BCUT2D eigenvalue weighted by Crippen LogP contribution is 1.99. The molecular weight excluding hydrogens is 183 g/mol. The lowest BCUT2D eigenvalue weighted by atomic mass is 9.80. The van der Waals surface area contributed by atoms with Gasteiger partial charge in [-0.3, -0.25) is 4.79 Å². The molecule has 0 aliphatic heterocycles. The number of benzene rings is 1. The van der Waals surface area contributed by atoms with Gasteiger partial charge in [0.05, 0.1) is 0 Å². The third kappa shape index (κ3) is 3.20. The Morgan fingerprint density at radius 3 is 2.79 bits per heavy atom. The number of hydrogen-bond donors (Lipinski definition) is 2. The van der Waals surface area contributed by atoms with E-state index in [2.05, 4.69) is 0 Å². The van der Waals surface area contributed by atoms with Crippen LogP contribution in [0.4, 0.5) is 0 Å². The van der Waals surface area contributed by atoms with Crippen LogP contribution in [0.15, 0.2) is 24.3 Å². The molecule has 0 amide bonds. The molecule has 2 N–H and O–H groups in total. The minimum atomic E-state index is -1.49. The molecule has 0 saturated carbocycles. The fourth-order valence-corrected chi connectivity index (χ4v) is 1.03. The molecular formula is C9H11BO4. The summed E-state index contributed by atoms with van der Waals surface area (Å²) >= 11 is 0. The molecule has 0 fully saturated rings. The highest BCUT2D eigenvalue weighted by atomic mass is 16.5. The van der Waals surface area contributed by atoms with Crippen molar-refractivity contribution < 1.29 is 19.6 Å². The van der Waals surface area contributed by atoms with Crippen LogP contribution >= 0.6 is 0 Å². The predicted molar refractivity (Wildman–Crippen MR) is 51.7 cm³/mol. The van der Waals surface area contributed by atoms with Crippen LogP contribution in [0.25, 0.3) is 0 Å². The third-order valence-corrected chi connectivity index (χ3v) is 1.69. The van der Waals surface area contributed by atoms with Gasteiger partial charge in [-0.1, -0.05) is 24.3 Å². The molecule has 14 heavy (non-hydrogen) atoms. The van der Waals surface area contributed by atoms with Gasteiger partial charge in [0, 0.05) is 6.92 Å². The van der Waals surface area contributed by atoms with Gasteiger partial charge in [0.15, 0.2) is 0 Å². The van der Waals surface area contributed by atoms with E-state index in [9.17, 15) is 4.79 Å². The first kappa shape index (κ1) is 10.8. The van der Waals surface area contributed by atoms with E-state index in [-0.39, 0.29) is 12.6 Å². The van der Waals surface area contributed by atoms with Crippen LogP contribution < -0.4 is 5.46 Å². The van der Waals surface area contributed by atoms with Gasteiger partial charge in [-0.15, -0.1) is 0 Å². The lowest BCUT2D eigenvalue weighted by Gasteiger charge is -2.04. The fraction of sp³-hybridized carbons (Fsp3) is 0.222. The molecule has 0 aliphatic rings. The molecule has 74 valence electrons. The van der Waals surface area contributed by atoms with Crippen molar-refractivity contribution in [3.8, 4) is 0 Å². The Labute approximate surface area is 82.3 Å². The zero-order valence-electron chi connectivity index (χ0n) is 7.80. The number of esters is 1. The molecule has 0 unspecified atom stereocenters. The number of ether oxygens (including phenoxy) is 1. The maximum Gasteiger partial charge on any atom is 0.488 e. The van der Waals surface area contributed by atoms with Crippen molar-refractivity contribution in [2.45, 2.75) is 13.5 Å². The van der Waals surface area contributed by atoms with Gasteiger partial charge in [-0.2, -0.15) is 0 Å². The minimum absolute atomic E-state index is 0.149. The summed E-state index contributed by atoms with van der Waals surface area (Å²) in [6.07, 6.45) is 0. The first-order valence-electron chi connectivity index (χ1n) is 4.18. The number of carbonyl (C=O) groups excluding carboxylic acids is 1. The van der Waals surface area contributed by atoms with Crippen molar-refractivity contribution in [1.29, 1.82) is 0 Å². The Morgan fingerprint density at radius 2 is 2.21 bits per heavy atom. The van der Waals surface area contributed by atoms with E-state index in [0.717, 1.165) is 5.56 Å². The molecule has 0 atom stereocenters. The van der Waals surface area contributed by atoms with Gasteiger partial charge in [0.2, 0.25) is 0 Å². The zero-order valence-corrected chi connectivity index (χ0v) is 7.80. The van der Waals surface area contributed by atoms with Gasteiger partial charge in [-0.25, -0.2) is 0 Å². The Kier molecular flexibility index (Phi) is 3.68. The third-order valence-electron chi connectivity index (χ3n) is 1.69. The second-order valence-corrected chi connectivity index (χ2v) is 2.90. The molecule has 0 heterocycles. The second-order valence-electron chi connectivity index (χ2n) is 2.90. The van der Waals surface area contributed by atoms with Gasteiger partial charge in [-0.05, 0) is 11.0 Å². The standard InChI is InChI=1S/C9H11BO4/c1-7(11)14-6-8-3-2-4-9(5-8)10(12)13/h2-5,12-13H,6H2,1H3. The molecule has 5 heteroatoms. The van der Waals surface area contributed by atoms with E-state index < -0.39 is 7.12 Å². The van der Waals surface area contributed by atoms with Crippen molar-refractivity contribution in [3.05, 3.63) is 29.8 Å². The topological polar surface area (TPSA) is 66.8 Å². The Hall–Kier alpha value is -1.33. The largest absolute Gasteiger partial charge is 0.488 e. The van der Waals surface area contributed by atoms with Crippen LogP contribution in [0.5, 0.6) is 0 Å². The van der Waals surface area contributed by atoms with Gasteiger partial charge < -0.3 is 14.8 Å². The maximum absolute atomic E-state index is 10.5. The lowest BCUT2D eigenvalue weighted by Crippen LogP contribution is -2.29. The van der Waals surface area contributed by atoms with Crippen LogP contribution in [-0.2, 0) is 16.1 Å². The van der Waals surface area contributed by atoms with E-state index in [0.29, 0.717) is 5.46 Å². The SMILES string of the molecule is CC(=O)OCc1cccc(B(O)O)c1. The van der Waals surface area contributed by atoms with Gasteiger partial charge in [0.1, 0.15) is 6.61 Å². The summed E-state index contributed by atoms with van der Waals surface area (Å²) < 4.78 is 4.76. The molecule has 0 radical (unpaired) electrons. The Morgan fingerprint density at radius 1 is 1.50 bits per heavy atom. The maximum atomic E-state index is 10.5. The Bertz CT molecular complexity index is 324. The molecule has 1 aromatic rings. The van der Waals surface area contributed by atoms with E-state index in [1.807, 2.05) is 0 Å². The van der Waals surface area contributed by atoms with Crippen molar-refractivity contribution in [1.82, 2.24) is 0 Å². The van der Waals surface area contributed by atoms with E-state index in [4.69, 9.17) is 14.8 Å². The summed E-state index contributed by atoms with van der Waals surface area (Å²) in [6, 6.07) is 6.58. The zero-order chi connectivity index (χ0) is 10.6. The molecule has 0 aliphatic carbocycles. The summed E-state index contributed by atoms with van der Waals surface area (Å²) in [5.41, 5.74) is 1.11. The van der Waals surface area contributed by atoms with E-state index in [1.165, 1.54) is 6.92 Å². The number of carbonyl (C=O) groups is 1. The summed E-state index contributed by atoms with van der Waals surface area (Å²) in [4.78, 5) is 10.5. The number of rotatable bonds is 3. The van der Waals surface area contributed by atoms with Crippen molar-refractivity contribution in [3.63, 3.8) is 0 Å². The van der Waals surface area contributed by atoms with Gasteiger partial charge in [0.25, 0.3) is 0 Å².